The molecule has 1 unspecified atom stereocenters. The number of benzene rings is 1. The highest BCUT2D eigenvalue weighted by Crippen LogP contribution is 2.29. The third-order valence-corrected chi connectivity index (χ3v) is 3.76. The number of esters is 1. The summed E-state index contributed by atoms with van der Waals surface area (Å²) in [6.45, 7) is 1.42. The lowest BCUT2D eigenvalue weighted by Gasteiger charge is -2.22. The largest absolute Gasteiger partial charge is 0.497 e. The number of hydrogen-bond acceptors (Lipinski definition) is 4. The summed E-state index contributed by atoms with van der Waals surface area (Å²) in [5.41, 5.74) is 0. The van der Waals surface area contributed by atoms with Crippen molar-refractivity contribution < 1.29 is 19.1 Å². The summed E-state index contributed by atoms with van der Waals surface area (Å²) in [6, 6.07) is 6.25. The molecule has 1 atom stereocenters. The van der Waals surface area contributed by atoms with Gasteiger partial charge in [-0.1, -0.05) is 12.8 Å². The number of amides is 1. The molecule has 1 amide bonds. The van der Waals surface area contributed by atoms with Gasteiger partial charge in [0.25, 0.3) is 0 Å². The van der Waals surface area contributed by atoms with Gasteiger partial charge in [0.05, 0.1) is 7.11 Å². The molecule has 0 aliphatic heterocycles. The molecule has 1 aliphatic rings. The van der Waals surface area contributed by atoms with E-state index in [1.54, 1.807) is 31.4 Å². The van der Waals surface area contributed by atoms with E-state index in [0.29, 0.717) is 11.5 Å². The molecule has 0 heterocycles. The third-order valence-electron chi connectivity index (χ3n) is 3.76. The molecule has 114 valence electrons. The molecular formula is C16H21NO4. The molecule has 5 heteroatoms. The van der Waals surface area contributed by atoms with Crippen LogP contribution in [0.2, 0.25) is 0 Å². The topological polar surface area (TPSA) is 64.6 Å². The molecule has 1 saturated carbocycles. The van der Waals surface area contributed by atoms with Crippen molar-refractivity contribution in [3.63, 3.8) is 0 Å². The van der Waals surface area contributed by atoms with Gasteiger partial charge in [0.15, 0.2) is 0 Å². The second kappa shape index (κ2) is 7.11. The maximum atomic E-state index is 12.3. The van der Waals surface area contributed by atoms with Crippen LogP contribution >= 0.6 is 0 Å². The number of ether oxygens (including phenoxy) is 2. The summed E-state index contributed by atoms with van der Waals surface area (Å²) in [5, 5.41) is 2.73. The van der Waals surface area contributed by atoms with Gasteiger partial charge in [-0.15, -0.1) is 0 Å². The van der Waals surface area contributed by atoms with E-state index in [2.05, 4.69) is 5.32 Å². The van der Waals surface area contributed by atoms with Crippen LogP contribution in [0.1, 0.15) is 32.6 Å². The van der Waals surface area contributed by atoms with E-state index in [4.69, 9.17) is 9.47 Å². The van der Waals surface area contributed by atoms with Crippen LogP contribution in [0.15, 0.2) is 24.3 Å². The van der Waals surface area contributed by atoms with Gasteiger partial charge in [-0.25, -0.2) is 4.79 Å². The first-order valence-corrected chi connectivity index (χ1v) is 7.23. The zero-order chi connectivity index (χ0) is 15.2. The first kappa shape index (κ1) is 15.4. The minimum Gasteiger partial charge on any atom is -0.497 e. The molecule has 1 aliphatic carbocycles. The van der Waals surface area contributed by atoms with Crippen molar-refractivity contribution in [1.82, 2.24) is 5.32 Å². The molecule has 1 N–H and O–H groups in total. The third kappa shape index (κ3) is 4.21. The summed E-state index contributed by atoms with van der Waals surface area (Å²) in [7, 11) is 1.58. The summed E-state index contributed by atoms with van der Waals surface area (Å²) < 4.78 is 10.4. The average Bonchev–Trinajstić information content (AvgIpc) is 2.99. The first-order chi connectivity index (χ1) is 10.1. The monoisotopic (exact) mass is 291 g/mol. The van der Waals surface area contributed by atoms with Crippen LogP contribution in [-0.4, -0.2) is 25.0 Å². The number of nitrogens with one attached hydrogen (secondary N) is 1. The smallest absolute Gasteiger partial charge is 0.334 e. The zero-order valence-corrected chi connectivity index (χ0v) is 12.4. The van der Waals surface area contributed by atoms with Gasteiger partial charge in [0, 0.05) is 6.92 Å². The van der Waals surface area contributed by atoms with Crippen molar-refractivity contribution in [2.75, 3.05) is 7.11 Å². The van der Waals surface area contributed by atoms with E-state index in [9.17, 15) is 9.59 Å². The maximum absolute atomic E-state index is 12.3. The summed E-state index contributed by atoms with van der Waals surface area (Å²) in [4.78, 5) is 23.6. The fourth-order valence-corrected chi connectivity index (χ4v) is 2.70. The molecule has 0 aromatic heterocycles. The number of methoxy groups -OCH3 is 1. The van der Waals surface area contributed by atoms with Crippen LogP contribution in [0.5, 0.6) is 11.5 Å². The van der Waals surface area contributed by atoms with Crippen molar-refractivity contribution in [2.45, 2.75) is 38.6 Å². The Morgan fingerprint density at radius 1 is 1.14 bits per heavy atom. The van der Waals surface area contributed by atoms with Crippen molar-refractivity contribution in [3.05, 3.63) is 24.3 Å². The van der Waals surface area contributed by atoms with Gasteiger partial charge in [-0.3, -0.25) is 4.79 Å². The highest BCUT2D eigenvalue weighted by Gasteiger charge is 2.32. The average molecular weight is 291 g/mol. The lowest BCUT2D eigenvalue weighted by atomic mass is 9.98. The fourth-order valence-electron chi connectivity index (χ4n) is 2.70. The van der Waals surface area contributed by atoms with Crippen molar-refractivity contribution >= 4 is 11.9 Å². The second-order valence-corrected chi connectivity index (χ2v) is 5.32. The Morgan fingerprint density at radius 2 is 1.71 bits per heavy atom. The molecule has 0 bridgehead atoms. The first-order valence-electron chi connectivity index (χ1n) is 7.23. The van der Waals surface area contributed by atoms with E-state index in [-0.39, 0.29) is 11.8 Å². The quantitative estimate of drug-likeness (QED) is 0.668. The fraction of sp³-hybridized carbons (Fsp3) is 0.500. The molecular weight excluding hydrogens is 270 g/mol. The van der Waals surface area contributed by atoms with E-state index in [1.165, 1.54) is 6.92 Å². The van der Waals surface area contributed by atoms with E-state index >= 15 is 0 Å². The molecule has 1 aromatic carbocycles. The van der Waals surface area contributed by atoms with Crippen molar-refractivity contribution in [2.24, 2.45) is 5.92 Å². The molecule has 1 aromatic rings. The molecule has 0 radical (unpaired) electrons. The van der Waals surface area contributed by atoms with Gasteiger partial charge < -0.3 is 14.8 Å². The molecule has 2 rings (SSSR count). The number of rotatable bonds is 5. The number of carbonyl (C=O) groups excluding carboxylic acids is 2. The van der Waals surface area contributed by atoms with Crippen LogP contribution in [0.3, 0.4) is 0 Å². The molecule has 0 saturated heterocycles. The maximum Gasteiger partial charge on any atom is 0.334 e. The lowest BCUT2D eigenvalue weighted by Crippen LogP contribution is -2.46. The van der Waals surface area contributed by atoms with Crippen LogP contribution in [0.4, 0.5) is 0 Å². The highest BCUT2D eigenvalue weighted by atomic mass is 16.5. The summed E-state index contributed by atoms with van der Waals surface area (Å²) in [5.74, 6) is 0.707. The Balaban J connectivity index is 2.04. The van der Waals surface area contributed by atoms with E-state index < -0.39 is 12.0 Å². The van der Waals surface area contributed by atoms with Gasteiger partial charge in [-0.2, -0.15) is 0 Å². The Hall–Kier alpha value is -2.04. The summed E-state index contributed by atoms with van der Waals surface area (Å²) in [6.07, 6.45) is 4.08. The normalized spacial score (nSPS) is 16.3. The second-order valence-electron chi connectivity index (χ2n) is 5.32. The Morgan fingerprint density at radius 3 is 2.24 bits per heavy atom. The predicted molar refractivity (Wildman–Crippen MR) is 78.2 cm³/mol. The summed E-state index contributed by atoms with van der Waals surface area (Å²) >= 11 is 0. The van der Waals surface area contributed by atoms with Crippen molar-refractivity contribution in [1.29, 1.82) is 0 Å². The molecule has 1 fully saturated rings. The Bertz CT molecular complexity index is 492. The van der Waals surface area contributed by atoms with Gasteiger partial charge >= 0.3 is 5.97 Å². The SMILES string of the molecule is COc1ccc(OC(=O)C(NC(C)=O)C2CCCC2)cc1. The number of hydrogen-bond donors (Lipinski definition) is 1. The predicted octanol–water partition coefficient (Wildman–Crippen LogP) is 2.30. The Labute approximate surface area is 124 Å². The lowest BCUT2D eigenvalue weighted by molar-refractivity contribution is -0.140. The minimum absolute atomic E-state index is 0.166. The van der Waals surface area contributed by atoms with E-state index in [0.717, 1.165) is 25.7 Å². The van der Waals surface area contributed by atoms with Crippen LogP contribution in [-0.2, 0) is 9.59 Å². The van der Waals surface area contributed by atoms with Crippen LogP contribution in [0.25, 0.3) is 0 Å². The zero-order valence-electron chi connectivity index (χ0n) is 12.4. The van der Waals surface area contributed by atoms with Gasteiger partial charge in [0.1, 0.15) is 17.5 Å². The van der Waals surface area contributed by atoms with Crippen LogP contribution < -0.4 is 14.8 Å². The Kier molecular flexibility index (Phi) is 5.20. The molecule has 0 spiro atoms. The van der Waals surface area contributed by atoms with E-state index in [1.807, 2.05) is 0 Å². The van der Waals surface area contributed by atoms with Gasteiger partial charge in [-0.05, 0) is 43.0 Å². The van der Waals surface area contributed by atoms with Crippen LogP contribution in [0, 0.1) is 5.92 Å². The number of carbonyl (C=O) groups is 2. The molecule has 21 heavy (non-hydrogen) atoms. The van der Waals surface area contributed by atoms with Crippen molar-refractivity contribution in [3.8, 4) is 11.5 Å². The minimum atomic E-state index is -0.563. The van der Waals surface area contributed by atoms with Gasteiger partial charge in [0.2, 0.25) is 5.91 Å². The standard InChI is InChI=1S/C16H21NO4/c1-11(18)17-15(12-5-3-4-6-12)16(19)21-14-9-7-13(20-2)8-10-14/h7-10,12,15H,3-6H2,1-2H3,(H,17,18). The molecule has 5 nitrogen and oxygen atoms in total. The highest BCUT2D eigenvalue weighted by molar-refractivity contribution is 5.84.